The standard InChI is InChI=1S/C21H26ClN3O2/c1-15(14-26)23-13-16-6-2-3-7-20(16)24-21(27)18-9-8-17(12-19(18)22)25-10-4-5-11-25/h2-3,6-9,12,15,23,26H,4-5,10-11,13-14H2,1H3,(H,24,27). The van der Waals surface area contributed by atoms with Crippen molar-refractivity contribution >= 4 is 28.9 Å². The summed E-state index contributed by atoms with van der Waals surface area (Å²) in [4.78, 5) is 15.0. The van der Waals surface area contributed by atoms with E-state index in [0.29, 0.717) is 17.1 Å². The number of rotatable bonds is 7. The molecule has 1 unspecified atom stereocenters. The Kier molecular flexibility index (Phi) is 6.72. The number of carbonyl (C=O) groups is 1. The van der Waals surface area contributed by atoms with Crippen molar-refractivity contribution in [2.75, 3.05) is 29.9 Å². The maximum absolute atomic E-state index is 12.7. The van der Waals surface area contributed by atoms with Crippen LogP contribution in [0, 0.1) is 0 Å². The summed E-state index contributed by atoms with van der Waals surface area (Å²) in [7, 11) is 0. The number of anilines is 2. The minimum Gasteiger partial charge on any atom is -0.395 e. The van der Waals surface area contributed by atoms with E-state index in [1.54, 1.807) is 6.07 Å². The number of aliphatic hydroxyl groups is 1. The molecular weight excluding hydrogens is 362 g/mol. The lowest BCUT2D eigenvalue weighted by Gasteiger charge is -2.19. The Morgan fingerprint density at radius 2 is 1.96 bits per heavy atom. The first kappa shape index (κ1) is 19.7. The van der Waals surface area contributed by atoms with Gasteiger partial charge >= 0.3 is 0 Å². The van der Waals surface area contributed by atoms with Crippen molar-refractivity contribution < 1.29 is 9.90 Å². The molecule has 1 aliphatic heterocycles. The lowest BCUT2D eigenvalue weighted by atomic mass is 10.1. The second-order valence-electron chi connectivity index (χ2n) is 6.93. The van der Waals surface area contributed by atoms with Gasteiger partial charge in [-0.1, -0.05) is 29.8 Å². The molecule has 1 amide bonds. The molecule has 1 atom stereocenters. The molecule has 144 valence electrons. The molecule has 6 heteroatoms. The van der Waals surface area contributed by atoms with Crippen molar-refractivity contribution in [2.45, 2.75) is 32.4 Å². The molecule has 0 spiro atoms. The molecule has 1 saturated heterocycles. The van der Waals surface area contributed by atoms with Crippen LogP contribution in [-0.2, 0) is 6.54 Å². The molecule has 1 heterocycles. The Labute approximate surface area is 165 Å². The number of carbonyl (C=O) groups excluding carboxylic acids is 1. The predicted octanol–water partition coefficient (Wildman–Crippen LogP) is 3.66. The summed E-state index contributed by atoms with van der Waals surface area (Å²) >= 11 is 6.40. The normalized spacial score (nSPS) is 15.0. The van der Waals surface area contributed by atoms with Crippen LogP contribution in [0.5, 0.6) is 0 Å². The van der Waals surface area contributed by atoms with Gasteiger partial charge in [0, 0.05) is 37.1 Å². The number of nitrogens with one attached hydrogen (secondary N) is 2. The zero-order valence-corrected chi connectivity index (χ0v) is 16.3. The number of hydrogen-bond donors (Lipinski definition) is 3. The molecular formula is C21H26ClN3O2. The van der Waals surface area contributed by atoms with Gasteiger partial charge in [-0.3, -0.25) is 4.79 Å². The molecule has 1 fully saturated rings. The average molecular weight is 388 g/mol. The van der Waals surface area contributed by atoms with Crippen LogP contribution >= 0.6 is 11.6 Å². The van der Waals surface area contributed by atoms with Gasteiger partial charge in [0.25, 0.3) is 5.91 Å². The van der Waals surface area contributed by atoms with Crippen LogP contribution in [0.1, 0.15) is 35.7 Å². The zero-order chi connectivity index (χ0) is 19.2. The Morgan fingerprint density at radius 3 is 2.67 bits per heavy atom. The third-order valence-electron chi connectivity index (χ3n) is 4.85. The van der Waals surface area contributed by atoms with E-state index < -0.39 is 0 Å². The summed E-state index contributed by atoms with van der Waals surface area (Å²) in [5, 5.41) is 15.8. The Hall–Kier alpha value is -2.08. The highest BCUT2D eigenvalue weighted by atomic mass is 35.5. The SMILES string of the molecule is CC(CO)NCc1ccccc1NC(=O)c1ccc(N2CCCC2)cc1Cl. The lowest BCUT2D eigenvalue weighted by molar-refractivity contribution is 0.102. The smallest absolute Gasteiger partial charge is 0.257 e. The Bertz CT molecular complexity index is 791. The molecule has 27 heavy (non-hydrogen) atoms. The van der Waals surface area contributed by atoms with Gasteiger partial charge in [-0.2, -0.15) is 0 Å². The largest absolute Gasteiger partial charge is 0.395 e. The number of hydrogen-bond acceptors (Lipinski definition) is 4. The van der Waals surface area contributed by atoms with Crippen molar-refractivity contribution in [3.05, 3.63) is 58.6 Å². The fourth-order valence-corrected chi connectivity index (χ4v) is 3.46. The average Bonchev–Trinajstić information content (AvgIpc) is 3.21. The number of benzene rings is 2. The minimum atomic E-state index is -0.226. The van der Waals surface area contributed by atoms with Crippen LogP contribution in [0.2, 0.25) is 5.02 Å². The summed E-state index contributed by atoms with van der Waals surface area (Å²) in [5.41, 5.74) is 3.22. The minimum absolute atomic E-state index is 0.0127. The summed E-state index contributed by atoms with van der Waals surface area (Å²) in [6.07, 6.45) is 2.39. The Morgan fingerprint density at radius 1 is 1.22 bits per heavy atom. The highest BCUT2D eigenvalue weighted by Gasteiger charge is 2.17. The van der Waals surface area contributed by atoms with Crippen molar-refractivity contribution in [1.82, 2.24) is 5.32 Å². The molecule has 3 N–H and O–H groups in total. The highest BCUT2D eigenvalue weighted by molar-refractivity contribution is 6.34. The maximum Gasteiger partial charge on any atom is 0.257 e. The number of para-hydroxylation sites is 1. The van der Waals surface area contributed by atoms with E-state index >= 15 is 0 Å². The van der Waals surface area contributed by atoms with Gasteiger partial charge in [0.2, 0.25) is 0 Å². The second kappa shape index (κ2) is 9.22. The number of amides is 1. The monoisotopic (exact) mass is 387 g/mol. The van der Waals surface area contributed by atoms with E-state index in [-0.39, 0.29) is 18.6 Å². The van der Waals surface area contributed by atoms with E-state index in [1.165, 1.54) is 12.8 Å². The Balaban J connectivity index is 1.72. The van der Waals surface area contributed by atoms with Crippen molar-refractivity contribution in [3.8, 4) is 0 Å². The van der Waals surface area contributed by atoms with E-state index in [0.717, 1.165) is 30.0 Å². The molecule has 2 aromatic carbocycles. The van der Waals surface area contributed by atoms with Gasteiger partial charge in [0.05, 0.1) is 17.2 Å². The maximum atomic E-state index is 12.7. The number of halogens is 1. The van der Waals surface area contributed by atoms with Gasteiger partial charge < -0.3 is 20.6 Å². The zero-order valence-electron chi connectivity index (χ0n) is 15.5. The summed E-state index contributed by atoms with van der Waals surface area (Å²) in [5.74, 6) is -0.226. The summed E-state index contributed by atoms with van der Waals surface area (Å²) < 4.78 is 0. The number of nitrogens with zero attached hydrogens (tertiary/aromatic N) is 1. The molecule has 0 aliphatic carbocycles. The van der Waals surface area contributed by atoms with E-state index in [9.17, 15) is 4.79 Å². The number of aliphatic hydroxyl groups excluding tert-OH is 1. The third-order valence-corrected chi connectivity index (χ3v) is 5.16. The predicted molar refractivity (Wildman–Crippen MR) is 111 cm³/mol. The van der Waals surface area contributed by atoms with Gasteiger partial charge in [-0.25, -0.2) is 0 Å². The van der Waals surface area contributed by atoms with Gasteiger partial charge in [0.1, 0.15) is 0 Å². The van der Waals surface area contributed by atoms with E-state index in [1.807, 2.05) is 43.3 Å². The molecule has 3 rings (SSSR count). The first-order valence-electron chi connectivity index (χ1n) is 9.36. The molecule has 1 aliphatic rings. The first-order valence-corrected chi connectivity index (χ1v) is 9.74. The third kappa shape index (κ3) is 5.01. The highest BCUT2D eigenvalue weighted by Crippen LogP contribution is 2.27. The molecule has 0 aromatic heterocycles. The molecule has 5 nitrogen and oxygen atoms in total. The topological polar surface area (TPSA) is 64.6 Å². The molecule has 0 radical (unpaired) electrons. The quantitative estimate of drug-likeness (QED) is 0.678. The second-order valence-corrected chi connectivity index (χ2v) is 7.34. The molecule has 2 aromatic rings. The van der Waals surface area contributed by atoms with Crippen LogP contribution in [0.25, 0.3) is 0 Å². The van der Waals surface area contributed by atoms with Crippen molar-refractivity contribution in [3.63, 3.8) is 0 Å². The van der Waals surface area contributed by atoms with E-state index in [4.69, 9.17) is 16.7 Å². The van der Waals surface area contributed by atoms with Gasteiger partial charge in [0.15, 0.2) is 0 Å². The van der Waals surface area contributed by atoms with Crippen LogP contribution in [0.3, 0.4) is 0 Å². The van der Waals surface area contributed by atoms with Crippen LogP contribution < -0.4 is 15.5 Å². The summed E-state index contributed by atoms with van der Waals surface area (Å²) in [6.45, 7) is 4.60. The fraction of sp³-hybridized carbons (Fsp3) is 0.381. The van der Waals surface area contributed by atoms with Crippen LogP contribution in [0.4, 0.5) is 11.4 Å². The van der Waals surface area contributed by atoms with Gasteiger partial charge in [-0.05, 0) is 49.6 Å². The van der Waals surface area contributed by atoms with Gasteiger partial charge in [-0.15, -0.1) is 0 Å². The summed E-state index contributed by atoms with van der Waals surface area (Å²) in [6, 6.07) is 13.2. The van der Waals surface area contributed by atoms with Crippen LogP contribution in [-0.4, -0.2) is 36.8 Å². The van der Waals surface area contributed by atoms with Crippen molar-refractivity contribution in [1.29, 1.82) is 0 Å². The lowest BCUT2D eigenvalue weighted by Crippen LogP contribution is -2.29. The van der Waals surface area contributed by atoms with E-state index in [2.05, 4.69) is 15.5 Å². The van der Waals surface area contributed by atoms with Crippen molar-refractivity contribution in [2.24, 2.45) is 0 Å². The molecule has 0 bridgehead atoms. The van der Waals surface area contributed by atoms with Crippen LogP contribution in [0.15, 0.2) is 42.5 Å². The first-order chi connectivity index (χ1) is 13.1. The molecule has 0 saturated carbocycles. The fourth-order valence-electron chi connectivity index (χ4n) is 3.19.